The molecule has 0 saturated carbocycles. The lowest BCUT2D eigenvalue weighted by molar-refractivity contribution is -0.120. The van der Waals surface area contributed by atoms with Gasteiger partial charge in [-0.25, -0.2) is 0 Å². The van der Waals surface area contributed by atoms with E-state index in [0.29, 0.717) is 21.6 Å². The van der Waals surface area contributed by atoms with Crippen LogP contribution in [-0.4, -0.2) is 24.9 Å². The molecule has 0 fully saturated rings. The molecule has 1 aromatic carbocycles. The van der Waals surface area contributed by atoms with Crippen molar-refractivity contribution in [1.29, 1.82) is 0 Å². The third-order valence-corrected chi connectivity index (χ3v) is 3.18. The molecule has 2 amide bonds. The number of rotatable bonds is 4. The molecule has 4 nitrogen and oxygen atoms in total. The van der Waals surface area contributed by atoms with Gasteiger partial charge < -0.3 is 10.6 Å². The summed E-state index contributed by atoms with van der Waals surface area (Å²) in [5.41, 5.74) is 0.450. The van der Waals surface area contributed by atoms with Gasteiger partial charge in [-0.2, -0.15) is 0 Å². The zero-order chi connectivity index (χ0) is 12.8. The third-order valence-electron chi connectivity index (χ3n) is 1.97. The van der Waals surface area contributed by atoms with Gasteiger partial charge in [-0.3, -0.25) is 9.59 Å². The molecule has 0 saturated heterocycles. The summed E-state index contributed by atoms with van der Waals surface area (Å²) in [5.74, 6) is -0.525. The fraction of sp³-hybridized carbons (Fsp3) is 0.273. The first-order valence-corrected chi connectivity index (χ1v) is 6.21. The van der Waals surface area contributed by atoms with Crippen LogP contribution < -0.4 is 10.6 Å². The first-order valence-electron chi connectivity index (χ1n) is 5.04. The Balaban J connectivity index is 2.58. The lowest BCUT2D eigenvalue weighted by Crippen LogP contribution is -2.36. The topological polar surface area (TPSA) is 58.2 Å². The zero-order valence-electron chi connectivity index (χ0n) is 9.22. The summed E-state index contributed by atoms with van der Waals surface area (Å²) in [5, 5.41) is 5.64. The van der Waals surface area contributed by atoms with Crippen LogP contribution in [0.5, 0.6) is 0 Å². The Morgan fingerprint density at radius 1 is 1.35 bits per heavy atom. The van der Waals surface area contributed by atoms with Crippen LogP contribution in [0.4, 0.5) is 0 Å². The van der Waals surface area contributed by atoms with Crippen molar-refractivity contribution in [2.45, 2.75) is 6.92 Å². The highest BCUT2D eigenvalue weighted by Gasteiger charge is 2.08. The van der Waals surface area contributed by atoms with Gasteiger partial charge in [0.25, 0.3) is 5.91 Å². The van der Waals surface area contributed by atoms with Crippen LogP contribution >= 0.6 is 27.5 Å². The molecule has 92 valence electrons. The number of nitrogens with one attached hydrogen (secondary N) is 2. The van der Waals surface area contributed by atoms with E-state index in [-0.39, 0.29) is 18.4 Å². The van der Waals surface area contributed by atoms with Crippen molar-refractivity contribution in [1.82, 2.24) is 10.6 Å². The molecule has 0 aromatic heterocycles. The second-order valence-corrected chi connectivity index (χ2v) is 4.53. The van der Waals surface area contributed by atoms with Crippen molar-refractivity contribution in [3.05, 3.63) is 33.3 Å². The van der Waals surface area contributed by atoms with Crippen LogP contribution in [0.15, 0.2) is 22.7 Å². The lowest BCUT2D eigenvalue weighted by atomic mass is 10.2. The minimum absolute atomic E-state index is 0.0348. The molecule has 17 heavy (non-hydrogen) atoms. The van der Waals surface area contributed by atoms with Gasteiger partial charge in [0.15, 0.2) is 0 Å². The number of hydrogen-bond donors (Lipinski definition) is 2. The molecule has 0 aliphatic carbocycles. The van der Waals surface area contributed by atoms with E-state index in [0.717, 1.165) is 0 Å². The van der Waals surface area contributed by atoms with Crippen molar-refractivity contribution in [2.24, 2.45) is 0 Å². The molecule has 0 heterocycles. The normalized spacial score (nSPS) is 9.82. The van der Waals surface area contributed by atoms with Crippen molar-refractivity contribution in [2.75, 3.05) is 13.1 Å². The smallest absolute Gasteiger partial charge is 0.251 e. The number of hydrogen-bond acceptors (Lipinski definition) is 2. The van der Waals surface area contributed by atoms with Gasteiger partial charge in [-0.15, -0.1) is 0 Å². The van der Waals surface area contributed by atoms with E-state index in [2.05, 4.69) is 26.6 Å². The molecule has 1 rings (SSSR count). The Morgan fingerprint density at radius 2 is 2.06 bits per heavy atom. The van der Waals surface area contributed by atoms with E-state index >= 15 is 0 Å². The predicted octanol–water partition coefficient (Wildman–Crippen LogP) is 1.97. The number of benzene rings is 1. The maximum atomic E-state index is 11.7. The van der Waals surface area contributed by atoms with Crippen LogP contribution in [0.1, 0.15) is 17.3 Å². The van der Waals surface area contributed by atoms with Crippen molar-refractivity contribution in [3.63, 3.8) is 0 Å². The van der Waals surface area contributed by atoms with Crippen LogP contribution in [0.3, 0.4) is 0 Å². The predicted molar refractivity (Wildman–Crippen MR) is 70.2 cm³/mol. The molecular formula is C11H12BrClN2O2. The van der Waals surface area contributed by atoms with Gasteiger partial charge in [0.1, 0.15) is 0 Å². The Hall–Kier alpha value is -1.07. The summed E-state index contributed by atoms with van der Waals surface area (Å²) in [4.78, 5) is 22.8. The van der Waals surface area contributed by atoms with Crippen LogP contribution in [-0.2, 0) is 4.79 Å². The molecular weight excluding hydrogens is 307 g/mol. The maximum Gasteiger partial charge on any atom is 0.251 e. The minimum Gasteiger partial charge on any atom is -0.355 e. The Morgan fingerprint density at radius 3 is 2.65 bits per heavy atom. The second kappa shape index (κ2) is 6.61. The monoisotopic (exact) mass is 318 g/mol. The zero-order valence-corrected chi connectivity index (χ0v) is 11.6. The van der Waals surface area contributed by atoms with E-state index in [1.165, 1.54) is 0 Å². The number of halogens is 2. The first kappa shape index (κ1) is 14.0. The van der Waals surface area contributed by atoms with Crippen LogP contribution in [0, 0.1) is 0 Å². The van der Waals surface area contributed by atoms with Crippen LogP contribution in [0.2, 0.25) is 5.02 Å². The van der Waals surface area contributed by atoms with Crippen LogP contribution in [0.25, 0.3) is 0 Å². The van der Waals surface area contributed by atoms with Gasteiger partial charge >= 0.3 is 0 Å². The molecule has 0 atom stereocenters. The molecule has 0 unspecified atom stereocenters. The molecule has 0 aliphatic rings. The highest BCUT2D eigenvalue weighted by atomic mass is 79.9. The Kier molecular flexibility index (Phi) is 5.44. The summed E-state index contributed by atoms with van der Waals surface area (Å²) in [6.45, 7) is 2.32. The highest BCUT2D eigenvalue weighted by Crippen LogP contribution is 2.22. The third kappa shape index (κ3) is 4.36. The summed E-state index contributed by atoms with van der Waals surface area (Å²) in [6, 6.07) is 4.82. The molecule has 0 aliphatic heterocycles. The molecule has 0 spiro atoms. The average molecular weight is 320 g/mol. The number of amides is 2. The summed E-state index contributed by atoms with van der Waals surface area (Å²) < 4.78 is 0.643. The number of likely N-dealkylation sites (N-methyl/N-ethyl adjacent to an activating group) is 1. The fourth-order valence-electron chi connectivity index (χ4n) is 1.16. The molecule has 2 N–H and O–H groups in total. The van der Waals surface area contributed by atoms with Gasteiger partial charge in [0.05, 0.1) is 11.6 Å². The van der Waals surface area contributed by atoms with E-state index in [1.807, 2.05) is 6.92 Å². The highest BCUT2D eigenvalue weighted by molar-refractivity contribution is 9.10. The van der Waals surface area contributed by atoms with Gasteiger partial charge in [0, 0.05) is 16.6 Å². The summed E-state index contributed by atoms with van der Waals surface area (Å²) in [7, 11) is 0. The number of carbonyl (C=O) groups is 2. The molecule has 0 radical (unpaired) electrons. The van der Waals surface area contributed by atoms with E-state index < -0.39 is 0 Å². The quantitative estimate of drug-likeness (QED) is 0.891. The maximum absolute atomic E-state index is 11.7. The number of carbonyl (C=O) groups excluding carboxylic acids is 2. The molecule has 6 heteroatoms. The van der Waals surface area contributed by atoms with E-state index in [1.54, 1.807) is 18.2 Å². The first-order chi connectivity index (χ1) is 8.04. The average Bonchev–Trinajstić information content (AvgIpc) is 2.30. The standard InChI is InChI=1S/C11H12BrClN2O2/c1-2-14-10(16)6-15-11(17)7-3-4-9(13)8(12)5-7/h3-5H,2,6H2,1H3,(H,14,16)(H,15,17). The summed E-state index contributed by atoms with van der Waals surface area (Å²) >= 11 is 9.04. The van der Waals surface area contributed by atoms with Gasteiger partial charge in [-0.05, 0) is 41.1 Å². The minimum atomic E-state index is -0.311. The second-order valence-electron chi connectivity index (χ2n) is 3.27. The molecule has 1 aromatic rings. The SMILES string of the molecule is CCNC(=O)CNC(=O)c1ccc(Cl)c(Br)c1. The fourth-order valence-corrected chi connectivity index (χ4v) is 1.66. The molecule has 0 bridgehead atoms. The van der Waals surface area contributed by atoms with Gasteiger partial charge in [-0.1, -0.05) is 11.6 Å². The Labute approximate surface area is 113 Å². The Bertz CT molecular complexity index is 437. The van der Waals surface area contributed by atoms with Crippen molar-refractivity contribution >= 4 is 39.3 Å². The van der Waals surface area contributed by atoms with Crippen molar-refractivity contribution < 1.29 is 9.59 Å². The van der Waals surface area contributed by atoms with Crippen molar-refractivity contribution in [3.8, 4) is 0 Å². The lowest BCUT2D eigenvalue weighted by Gasteiger charge is -2.06. The van der Waals surface area contributed by atoms with Gasteiger partial charge in [0.2, 0.25) is 5.91 Å². The van der Waals surface area contributed by atoms with E-state index in [4.69, 9.17) is 11.6 Å². The summed E-state index contributed by atoms with van der Waals surface area (Å²) in [6.07, 6.45) is 0. The largest absolute Gasteiger partial charge is 0.355 e. The van der Waals surface area contributed by atoms with E-state index in [9.17, 15) is 9.59 Å².